The standard InChI is InChI=1S/C23H37N4O5/c1-22(2,27(5)29)15-7-9-16(10-8-15)23(3,4)30-13-17-11-6-14-12-18(32-26-28)19(24)20(25)21(14)31-17/h12,15-17H,6-11,13,24-25H2,1-5H3/q-1. The fourth-order valence-electron chi connectivity index (χ4n) is 5.01. The molecule has 1 aliphatic carbocycles. The van der Waals surface area contributed by atoms with Crippen molar-refractivity contribution >= 4 is 11.4 Å². The number of nitrogens with two attached hydrogens (primary N) is 2. The zero-order valence-corrected chi connectivity index (χ0v) is 19.8. The van der Waals surface area contributed by atoms with E-state index in [1.165, 1.54) is 0 Å². The lowest BCUT2D eigenvalue weighted by atomic mass is 9.69. The summed E-state index contributed by atoms with van der Waals surface area (Å²) in [6.07, 6.45) is 5.48. The van der Waals surface area contributed by atoms with Gasteiger partial charge in [0.05, 0.1) is 12.2 Å². The largest absolute Gasteiger partial charge is 0.785 e. The molecule has 0 spiro atoms. The Morgan fingerprint density at radius 2 is 1.75 bits per heavy atom. The number of hydroxylamine groups is 2. The minimum absolute atomic E-state index is 0.135. The van der Waals surface area contributed by atoms with E-state index in [9.17, 15) is 10.1 Å². The van der Waals surface area contributed by atoms with Gasteiger partial charge in [0.15, 0.2) is 11.1 Å². The average molecular weight is 450 g/mol. The van der Waals surface area contributed by atoms with Crippen molar-refractivity contribution in [2.45, 2.75) is 83.5 Å². The third-order valence-electron chi connectivity index (χ3n) is 7.72. The van der Waals surface area contributed by atoms with E-state index >= 15 is 0 Å². The van der Waals surface area contributed by atoms with Crippen LogP contribution in [-0.2, 0) is 11.2 Å². The lowest BCUT2D eigenvalue weighted by Crippen LogP contribution is -2.47. The highest BCUT2D eigenvalue weighted by Crippen LogP contribution is 2.44. The zero-order valence-electron chi connectivity index (χ0n) is 19.8. The molecule has 1 aromatic rings. The minimum atomic E-state index is -0.340. The molecule has 9 nitrogen and oxygen atoms in total. The molecule has 0 saturated heterocycles. The van der Waals surface area contributed by atoms with E-state index in [2.05, 4.69) is 24.0 Å². The quantitative estimate of drug-likeness (QED) is 0.338. The number of benzene rings is 1. The summed E-state index contributed by atoms with van der Waals surface area (Å²) in [7, 11) is 1.62. The molecule has 1 aromatic carbocycles. The summed E-state index contributed by atoms with van der Waals surface area (Å²) in [4.78, 5) is 15.1. The van der Waals surface area contributed by atoms with Crippen molar-refractivity contribution in [1.29, 1.82) is 0 Å². The molecule has 2 aliphatic rings. The highest BCUT2D eigenvalue weighted by Gasteiger charge is 2.39. The summed E-state index contributed by atoms with van der Waals surface area (Å²) in [5.41, 5.74) is 12.7. The normalized spacial score (nSPS) is 24.0. The van der Waals surface area contributed by atoms with Gasteiger partial charge in [-0.2, -0.15) is 0 Å². The van der Waals surface area contributed by atoms with E-state index in [0.29, 0.717) is 30.6 Å². The fourth-order valence-corrected chi connectivity index (χ4v) is 5.01. The van der Waals surface area contributed by atoms with Crippen LogP contribution in [-0.4, -0.2) is 36.0 Å². The molecule has 3 rings (SSSR count). The molecule has 1 fully saturated rings. The summed E-state index contributed by atoms with van der Waals surface area (Å²) in [5.74, 6) is 1.51. The molecule has 9 heteroatoms. The Morgan fingerprint density at radius 3 is 2.34 bits per heavy atom. The fraction of sp³-hybridized carbons (Fsp3) is 0.739. The van der Waals surface area contributed by atoms with Crippen molar-refractivity contribution in [3.8, 4) is 11.5 Å². The third-order valence-corrected chi connectivity index (χ3v) is 7.72. The number of hydrogen-bond acceptors (Lipinski definition) is 9. The second-order valence-electron chi connectivity index (χ2n) is 10.2. The van der Waals surface area contributed by atoms with Crippen LogP contribution in [0.15, 0.2) is 11.4 Å². The van der Waals surface area contributed by atoms with Crippen LogP contribution < -0.4 is 21.0 Å². The maximum Gasteiger partial charge on any atom is 0.187 e. The molecule has 1 heterocycles. The van der Waals surface area contributed by atoms with Crippen molar-refractivity contribution in [2.75, 3.05) is 25.1 Å². The predicted octanol–water partition coefficient (Wildman–Crippen LogP) is 4.41. The molecule has 180 valence electrons. The van der Waals surface area contributed by atoms with Crippen LogP contribution in [0.1, 0.15) is 65.4 Å². The maximum absolute atomic E-state index is 11.9. The summed E-state index contributed by atoms with van der Waals surface area (Å²) >= 11 is 0. The topological polar surface area (TPSA) is 135 Å². The molecule has 1 saturated carbocycles. The Balaban J connectivity index is 1.57. The lowest BCUT2D eigenvalue weighted by molar-refractivity contribution is -0.102. The van der Waals surface area contributed by atoms with Gasteiger partial charge in [-0.15, -0.1) is 4.91 Å². The maximum atomic E-state index is 11.9. The van der Waals surface area contributed by atoms with E-state index in [-0.39, 0.29) is 34.4 Å². The molecule has 1 aliphatic heterocycles. The van der Waals surface area contributed by atoms with Crippen molar-refractivity contribution < 1.29 is 14.3 Å². The Labute approximate surface area is 190 Å². The Morgan fingerprint density at radius 1 is 1.12 bits per heavy atom. The highest BCUT2D eigenvalue weighted by molar-refractivity contribution is 5.79. The van der Waals surface area contributed by atoms with Crippen molar-refractivity contribution in [2.24, 2.45) is 17.2 Å². The smallest absolute Gasteiger partial charge is 0.187 e. The Bertz CT molecular complexity index is 819. The van der Waals surface area contributed by atoms with Gasteiger partial charge < -0.3 is 36.0 Å². The number of rotatable bonds is 8. The molecule has 0 amide bonds. The SMILES string of the molecule is CN([O-])C(C)(C)C1CCC(C(C)(C)OCC2CCc3cc(ON=O)c(N)c(N)c3O2)CC1. The number of fused-ring (bicyclic) bond motifs is 1. The summed E-state index contributed by atoms with van der Waals surface area (Å²) < 4.78 is 12.5. The van der Waals surface area contributed by atoms with Crippen LogP contribution >= 0.6 is 0 Å². The molecule has 1 atom stereocenters. The molecule has 0 radical (unpaired) electrons. The first-order valence-corrected chi connectivity index (χ1v) is 11.4. The molecule has 0 bridgehead atoms. The van der Waals surface area contributed by atoms with Crippen molar-refractivity contribution in [3.05, 3.63) is 21.7 Å². The van der Waals surface area contributed by atoms with Crippen LogP contribution in [0.4, 0.5) is 11.4 Å². The summed E-state index contributed by atoms with van der Waals surface area (Å²) in [6.45, 7) is 8.81. The lowest BCUT2D eigenvalue weighted by Gasteiger charge is -2.50. The first kappa shape index (κ1) is 24.5. The molecule has 0 aromatic heterocycles. The van der Waals surface area contributed by atoms with Gasteiger partial charge in [-0.25, -0.2) is 0 Å². The first-order chi connectivity index (χ1) is 15.0. The van der Waals surface area contributed by atoms with E-state index in [0.717, 1.165) is 42.7 Å². The predicted molar refractivity (Wildman–Crippen MR) is 125 cm³/mol. The number of aryl methyl sites for hydroxylation is 1. The average Bonchev–Trinajstić information content (AvgIpc) is 2.76. The van der Waals surface area contributed by atoms with Crippen LogP contribution in [0.25, 0.3) is 0 Å². The van der Waals surface area contributed by atoms with E-state index in [1.54, 1.807) is 13.1 Å². The monoisotopic (exact) mass is 449 g/mol. The number of anilines is 2. The molecular weight excluding hydrogens is 412 g/mol. The van der Waals surface area contributed by atoms with Gasteiger partial charge in [0.1, 0.15) is 23.2 Å². The van der Waals surface area contributed by atoms with Crippen molar-refractivity contribution in [1.82, 2.24) is 5.06 Å². The Hall–Kier alpha value is -2.10. The van der Waals surface area contributed by atoms with Gasteiger partial charge in [-0.1, -0.05) is 0 Å². The third kappa shape index (κ3) is 4.94. The van der Waals surface area contributed by atoms with E-state index in [1.807, 2.05) is 13.8 Å². The van der Waals surface area contributed by atoms with Gasteiger partial charge in [-0.3, -0.25) is 0 Å². The second kappa shape index (κ2) is 9.41. The molecular formula is C23H37N4O5-. The van der Waals surface area contributed by atoms with Crippen molar-refractivity contribution in [3.63, 3.8) is 0 Å². The van der Waals surface area contributed by atoms with Crippen LogP contribution in [0.5, 0.6) is 11.5 Å². The van der Waals surface area contributed by atoms with Crippen LogP contribution in [0.2, 0.25) is 0 Å². The van der Waals surface area contributed by atoms with Gasteiger partial charge in [0.25, 0.3) is 0 Å². The number of nitrogens with zero attached hydrogens (tertiary/aromatic N) is 2. The molecule has 1 unspecified atom stereocenters. The number of ether oxygens (including phenoxy) is 2. The van der Waals surface area contributed by atoms with Gasteiger partial charge >= 0.3 is 0 Å². The number of hydrogen-bond donors (Lipinski definition) is 2. The van der Waals surface area contributed by atoms with Gasteiger partial charge in [0, 0.05) is 11.1 Å². The van der Waals surface area contributed by atoms with Crippen LogP contribution in [0.3, 0.4) is 0 Å². The van der Waals surface area contributed by atoms with Gasteiger partial charge in [-0.05, 0) is 91.2 Å². The minimum Gasteiger partial charge on any atom is -0.785 e. The second-order valence-corrected chi connectivity index (χ2v) is 10.2. The Kier molecular flexibility index (Phi) is 7.21. The number of nitrogen functional groups attached to an aromatic ring is 2. The van der Waals surface area contributed by atoms with E-state index in [4.69, 9.17) is 20.9 Å². The molecule has 32 heavy (non-hydrogen) atoms. The van der Waals surface area contributed by atoms with E-state index < -0.39 is 0 Å². The first-order valence-electron chi connectivity index (χ1n) is 11.4. The zero-order chi connectivity index (χ0) is 23.7. The van der Waals surface area contributed by atoms with Crippen LogP contribution in [0, 0.1) is 22.0 Å². The van der Waals surface area contributed by atoms with Gasteiger partial charge in [0.2, 0.25) is 0 Å². The molecule has 4 N–H and O–H groups in total. The highest BCUT2D eigenvalue weighted by atomic mass is 16.7. The summed E-state index contributed by atoms with van der Waals surface area (Å²) in [6, 6.07) is 1.66. The summed E-state index contributed by atoms with van der Waals surface area (Å²) in [5, 5.41) is 15.5.